The second-order valence-corrected chi connectivity index (χ2v) is 7.44. The van der Waals surface area contributed by atoms with Gasteiger partial charge in [-0.05, 0) is 18.1 Å². The van der Waals surface area contributed by atoms with Gasteiger partial charge in [-0.3, -0.25) is 4.79 Å². The minimum atomic E-state index is -0.648. The van der Waals surface area contributed by atoms with Gasteiger partial charge in [0.25, 0.3) is 5.91 Å². The van der Waals surface area contributed by atoms with E-state index in [1.54, 1.807) is 16.7 Å². The molecule has 2 atom stereocenters. The van der Waals surface area contributed by atoms with Crippen molar-refractivity contribution in [1.29, 1.82) is 0 Å². The van der Waals surface area contributed by atoms with Crippen molar-refractivity contribution in [1.82, 2.24) is 4.90 Å². The normalized spacial score (nSPS) is 24.1. The fraction of sp³-hybridized carbons (Fsp3) is 0.300. The van der Waals surface area contributed by atoms with E-state index in [-0.39, 0.29) is 11.9 Å². The molecule has 2 aliphatic heterocycles. The van der Waals surface area contributed by atoms with Crippen LogP contribution in [0, 0.1) is 0 Å². The molecule has 0 bridgehead atoms. The van der Waals surface area contributed by atoms with Crippen molar-refractivity contribution in [3.63, 3.8) is 0 Å². The Bertz CT molecular complexity index is 823. The molecule has 128 valence electrons. The minimum Gasteiger partial charge on any atom is -0.464 e. The van der Waals surface area contributed by atoms with Crippen LogP contribution in [-0.4, -0.2) is 35.2 Å². The molecule has 4 rings (SSSR count). The van der Waals surface area contributed by atoms with E-state index in [4.69, 9.17) is 4.74 Å². The first kappa shape index (κ1) is 16.2. The molecule has 1 amide bonds. The van der Waals surface area contributed by atoms with Crippen LogP contribution in [0.3, 0.4) is 0 Å². The predicted octanol–water partition coefficient (Wildman–Crippen LogP) is 3.41. The average Bonchev–Trinajstić information content (AvgIpc) is 3.17. The molecular formula is C20H19NO3S. The van der Waals surface area contributed by atoms with Crippen molar-refractivity contribution >= 4 is 23.6 Å². The number of amides is 1. The first-order valence-electron chi connectivity index (χ1n) is 8.49. The van der Waals surface area contributed by atoms with Gasteiger partial charge in [0.2, 0.25) is 0 Å². The number of nitrogens with zero attached hydrogens (tertiary/aromatic N) is 1. The lowest BCUT2D eigenvalue weighted by atomic mass is 9.97. The summed E-state index contributed by atoms with van der Waals surface area (Å²) < 4.78 is 5.37. The summed E-state index contributed by atoms with van der Waals surface area (Å²) >= 11 is 1.63. The molecule has 0 aliphatic carbocycles. The summed E-state index contributed by atoms with van der Waals surface area (Å²) in [5.74, 6) is 0.133. The molecule has 5 heteroatoms. The Labute approximate surface area is 151 Å². The number of carbonyl (C=O) groups is 2. The summed E-state index contributed by atoms with van der Waals surface area (Å²) in [5, 5.41) is 0. The molecule has 4 nitrogen and oxygen atoms in total. The van der Waals surface area contributed by atoms with Crippen LogP contribution < -0.4 is 0 Å². The van der Waals surface area contributed by atoms with Gasteiger partial charge in [0.05, 0.1) is 6.61 Å². The lowest BCUT2D eigenvalue weighted by molar-refractivity contribution is -0.148. The smallest absolute Gasteiger partial charge is 0.329 e. The maximum Gasteiger partial charge on any atom is 0.329 e. The first-order chi connectivity index (χ1) is 12.2. The van der Waals surface area contributed by atoms with E-state index < -0.39 is 10.9 Å². The second kappa shape index (κ2) is 6.23. The van der Waals surface area contributed by atoms with Gasteiger partial charge in [0.1, 0.15) is 10.9 Å². The molecule has 0 spiro atoms. The third-order valence-electron chi connectivity index (χ3n) is 4.73. The van der Waals surface area contributed by atoms with Gasteiger partial charge >= 0.3 is 5.97 Å². The number of rotatable bonds is 4. The zero-order chi connectivity index (χ0) is 17.4. The lowest BCUT2D eigenvalue weighted by Crippen LogP contribution is -2.47. The van der Waals surface area contributed by atoms with E-state index in [2.05, 4.69) is 0 Å². The summed E-state index contributed by atoms with van der Waals surface area (Å²) in [5.41, 5.74) is 2.65. The number of benzene rings is 2. The number of hydrogen-bond acceptors (Lipinski definition) is 4. The largest absolute Gasteiger partial charge is 0.464 e. The van der Waals surface area contributed by atoms with Gasteiger partial charge in [-0.25, -0.2) is 4.79 Å². The van der Waals surface area contributed by atoms with E-state index in [0.29, 0.717) is 17.9 Å². The fourth-order valence-electron chi connectivity index (χ4n) is 3.66. The van der Waals surface area contributed by atoms with Crippen LogP contribution in [0.2, 0.25) is 0 Å². The highest BCUT2D eigenvalue weighted by Crippen LogP contribution is 2.57. The fourth-order valence-corrected chi connectivity index (χ4v) is 5.33. The van der Waals surface area contributed by atoms with Crippen LogP contribution >= 0.6 is 11.8 Å². The molecule has 2 heterocycles. The van der Waals surface area contributed by atoms with Crippen molar-refractivity contribution in [3.05, 3.63) is 71.3 Å². The maximum absolute atomic E-state index is 13.2. The Morgan fingerprint density at radius 3 is 2.68 bits per heavy atom. The molecule has 2 unspecified atom stereocenters. The van der Waals surface area contributed by atoms with Gasteiger partial charge in [0, 0.05) is 16.9 Å². The molecule has 25 heavy (non-hydrogen) atoms. The standard InChI is InChI=1S/C20H19NO3S/c1-2-12-24-19(23)17-13-25-20(14-8-4-3-5-9-14)16-11-7-6-10-15(16)18(22)21(17)20/h3-11,17H,2,12-13H2,1H3. The zero-order valence-corrected chi connectivity index (χ0v) is 14.8. The summed E-state index contributed by atoms with van der Waals surface area (Å²) in [7, 11) is 0. The Kier molecular flexibility index (Phi) is 4.04. The Hall–Kier alpha value is -2.27. The number of esters is 1. The SMILES string of the molecule is CCCOC(=O)C1CSC2(c3ccccc3)c3ccccc3C(=O)N12. The number of ether oxygens (including phenoxy) is 1. The number of carbonyl (C=O) groups excluding carboxylic acids is 2. The molecule has 0 saturated carbocycles. The molecule has 1 fully saturated rings. The summed E-state index contributed by atoms with van der Waals surface area (Å²) in [6, 6.07) is 17.0. The van der Waals surface area contributed by atoms with E-state index in [1.807, 2.05) is 61.5 Å². The Balaban J connectivity index is 1.84. The van der Waals surface area contributed by atoms with E-state index >= 15 is 0 Å². The summed E-state index contributed by atoms with van der Waals surface area (Å²) in [4.78, 5) is 26.8. The summed E-state index contributed by atoms with van der Waals surface area (Å²) in [6.07, 6.45) is 0.767. The molecule has 2 aromatic carbocycles. The number of hydrogen-bond donors (Lipinski definition) is 0. The van der Waals surface area contributed by atoms with Gasteiger partial charge in [-0.15, -0.1) is 11.8 Å². The summed E-state index contributed by atoms with van der Waals surface area (Å²) in [6.45, 7) is 2.34. The minimum absolute atomic E-state index is 0.0945. The average molecular weight is 353 g/mol. The lowest BCUT2D eigenvalue weighted by Gasteiger charge is -2.34. The third kappa shape index (κ3) is 2.29. The molecule has 0 N–H and O–H groups in total. The van der Waals surface area contributed by atoms with Gasteiger partial charge in [-0.1, -0.05) is 55.5 Å². The van der Waals surface area contributed by atoms with Crippen LogP contribution in [-0.2, 0) is 14.4 Å². The molecule has 0 aromatic heterocycles. The molecular weight excluding hydrogens is 334 g/mol. The van der Waals surface area contributed by atoms with Gasteiger partial charge in [0.15, 0.2) is 0 Å². The third-order valence-corrected chi connectivity index (χ3v) is 6.28. The van der Waals surface area contributed by atoms with Crippen molar-refractivity contribution < 1.29 is 14.3 Å². The molecule has 1 saturated heterocycles. The van der Waals surface area contributed by atoms with Crippen LogP contribution in [0.1, 0.15) is 34.8 Å². The van der Waals surface area contributed by atoms with E-state index in [1.165, 1.54) is 0 Å². The van der Waals surface area contributed by atoms with E-state index in [9.17, 15) is 9.59 Å². The topological polar surface area (TPSA) is 46.6 Å². The monoisotopic (exact) mass is 353 g/mol. The quantitative estimate of drug-likeness (QED) is 0.790. The first-order valence-corrected chi connectivity index (χ1v) is 9.48. The van der Waals surface area contributed by atoms with Crippen LogP contribution in [0.4, 0.5) is 0 Å². The van der Waals surface area contributed by atoms with Gasteiger partial charge < -0.3 is 9.64 Å². The van der Waals surface area contributed by atoms with Crippen LogP contribution in [0.15, 0.2) is 54.6 Å². The Morgan fingerprint density at radius 1 is 1.20 bits per heavy atom. The number of thioether (sulfide) groups is 1. The van der Waals surface area contributed by atoms with E-state index in [0.717, 1.165) is 17.5 Å². The van der Waals surface area contributed by atoms with Gasteiger partial charge in [-0.2, -0.15) is 0 Å². The van der Waals surface area contributed by atoms with Crippen molar-refractivity contribution in [2.45, 2.75) is 24.3 Å². The maximum atomic E-state index is 13.2. The van der Waals surface area contributed by atoms with Crippen molar-refractivity contribution in [3.8, 4) is 0 Å². The van der Waals surface area contributed by atoms with Crippen molar-refractivity contribution in [2.24, 2.45) is 0 Å². The highest BCUT2D eigenvalue weighted by Gasteiger charge is 2.60. The Morgan fingerprint density at radius 2 is 1.92 bits per heavy atom. The zero-order valence-electron chi connectivity index (χ0n) is 14.0. The highest BCUT2D eigenvalue weighted by atomic mass is 32.2. The van der Waals surface area contributed by atoms with Crippen LogP contribution in [0.5, 0.6) is 0 Å². The second-order valence-electron chi connectivity index (χ2n) is 6.23. The molecule has 0 radical (unpaired) electrons. The van der Waals surface area contributed by atoms with Crippen LogP contribution in [0.25, 0.3) is 0 Å². The predicted molar refractivity (Wildman–Crippen MR) is 97.3 cm³/mol. The molecule has 2 aromatic rings. The van der Waals surface area contributed by atoms with Crippen molar-refractivity contribution in [2.75, 3.05) is 12.4 Å². The number of fused-ring (bicyclic) bond motifs is 3. The molecule has 2 aliphatic rings. The highest BCUT2D eigenvalue weighted by molar-refractivity contribution is 8.00.